The van der Waals surface area contributed by atoms with Crippen molar-refractivity contribution < 1.29 is 4.39 Å². The van der Waals surface area contributed by atoms with Crippen LogP contribution in [0.25, 0.3) is 11.1 Å². The predicted octanol–water partition coefficient (Wildman–Crippen LogP) is 6.88. The molecule has 0 bridgehead atoms. The van der Waals surface area contributed by atoms with Gasteiger partial charge in [0.1, 0.15) is 5.82 Å². The maximum atomic E-state index is 12.7. The van der Waals surface area contributed by atoms with Gasteiger partial charge in [-0.05, 0) is 30.2 Å². The first kappa shape index (κ1) is 20.7. The average molecular weight is 276 g/mol. The van der Waals surface area contributed by atoms with Crippen molar-refractivity contribution in [1.29, 1.82) is 0 Å². The van der Waals surface area contributed by atoms with Crippen LogP contribution in [0.2, 0.25) is 0 Å². The van der Waals surface area contributed by atoms with Gasteiger partial charge in [0.05, 0.1) is 0 Å². The highest BCUT2D eigenvalue weighted by Gasteiger charge is 1.96. The lowest BCUT2D eigenvalue weighted by Gasteiger charge is -2.01. The number of benzene rings is 2. The summed E-state index contributed by atoms with van der Waals surface area (Å²) in [7, 11) is 0. The van der Waals surface area contributed by atoms with Gasteiger partial charge in [-0.25, -0.2) is 4.39 Å². The summed E-state index contributed by atoms with van der Waals surface area (Å²) in [6.45, 7) is 14.1. The summed E-state index contributed by atoms with van der Waals surface area (Å²) in [6.07, 6.45) is 0. The van der Waals surface area contributed by atoms with E-state index in [2.05, 4.69) is 19.1 Å². The quantitative estimate of drug-likeness (QED) is 0.532. The van der Waals surface area contributed by atoms with E-state index in [4.69, 9.17) is 0 Å². The smallest absolute Gasteiger partial charge is 0.123 e. The van der Waals surface area contributed by atoms with Gasteiger partial charge in [-0.15, -0.1) is 0 Å². The summed E-state index contributed by atoms with van der Waals surface area (Å²) in [5.41, 5.74) is 3.40. The highest BCUT2D eigenvalue weighted by molar-refractivity contribution is 5.63. The zero-order chi connectivity index (χ0) is 16.0. The summed E-state index contributed by atoms with van der Waals surface area (Å²) < 4.78 is 12.7. The van der Waals surface area contributed by atoms with Gasteiger partial charge in [-0.2, -0.15) is 0 Å². The second kappa shape index (κ2) is 13.8. The summed E-state index contributed by atoms with van der Waals surface area (Å²) >= 11 is 0. The number of halogens is 1. The molecule has 0 heterocycles. The van der Waals surface area contributed by atoms with Crippen molar-refractivity contribution in [1.82, 2.24) is 0 Å². The van der Waals surface area contributed by atoms with Crippen LogP contribution in [0.5, 0.6) is 0 Å². The molecule has 0 saturated carbocycles. The Morgan fingerprint density at radius 1 is 0.550 bits per heavy atom. The molecule has 0 nitrogen and oxygen atoms in total. The first-order valence-corrected chi connectivity index (χ1v) is 7.58. The van der Waals surface area contributed by atoms with Gasteiger partial charge in [0.25, 0.3) is 0 Å². The minimum absolute atomic E-state index is 0.194. The molecule has 0 N–H and O–H groups in total. The molecule has 2 rings (SSSR count). The Labute approximate surface area is 124 Å². The highest BCUT2D eigenvalue weighted by atomic mass is 19.1. The molecule has 0 unspecified atom stereocenters. The summed E-state index contributed by atoms with van der Waals surface area (Å²) in [6, 6.07) is 14.7. The Kier molecular flexibility index (Phi) is 14.3. The van der Waals surface area contributed by atoms with E-state index in [0.29, 0.717) is 0 Å². The third-order valence-electron chi connectivity index (χ3n) is 2.23. The largest absolute Gasteiger partial charge is 0.207 e. The maximum absolute atomic E-state index is 12.7. The fourth-order valence-corrected chi connectivity index (χ4v) is 1.39. The van der Waals surface area contributed by atoms with Crippen LogP contribution in [-0.2, 0) is 0 Å². The van der Waals surface area contributed by atoms with Crippen molar-refractivity contribution >= 4 is 0 Å². The van der Waals surface area contributed by atoms with Crippen LogP contribution < -0.4 is 0 Å². The molecular weight excluding hydrogens is 247 g/mol. The van der Waals surface area contributed by atoms with E-state index in [1.807, 2.05) is 53.7 Å². The molecule has 2 aromatic carbocycles. The molecule has 0 aliphatic carbocycles. The van der Waals surface area contributed by atoms with Crippen LogP contribution in [0, 0.1) is 12.7 Å². The van der Waals surface area contributed by atoms with Crippen LogP contribution in [0.3, 0.4) is 0 Å². The molecule has 20 heavy (non-hydrogen) atoms. The number of aryl methyl sites for hydroxylation is 1. The van der Waals surface area contributed by atoms with Crippen molar-refractivity contribution in [3.8, 4) is 11.1 Å². The predicted molar refractivity (Wildman–Crippen MR) is 90.6 cm³/mol. The number of rotatable bonds is 1. The second-order valence-corrected chi connectivity index (χ2v) is 3.37. The maximum Gasteiger partial charge on any atom is 0.123 e. The Hall–Kier alpha value is -1.63. The van der Waals surface area contributed by atoms with E-state index in [1.165, 1.54) is 17.7 Å². The fourth-order valence-electron chi connectivity index (χ4n) is 1.39. The standard InChI is InChI=1S/C13H11F.3C2H6/c1-10-2-4-11(5-3-10)12-6-8-13(14)9-7-12;3*1-2/h2-9H,1H3;3*1-2H3. The van der Waals surface area contributed by atoms with Crippen molar-refractivity contribution in [2.24, 2.45) is 0 Å². The van der Waals surface area contributed by atoms with E-state index < -0.39 is 0 Å². The summed E-state index contributed by atoms with van der Waals surface area (Å²) in [5.74, 6) is -0.194. The molecule has 0 aliphatic rings. The molecule has 0 atom stereocenters. The first-order valence-electron chi connectivity index (χ1n) is 7.58. The average Bonchev–Trinajstić information content (AvgIpc) is 2.55. The molecule has 112 valence electrons. The molecular formula is C19H29F. The van der Waals surface area contributed by atoms with Gasteiger partial charge in [-0.1, -0.05) is 83.5 Å². The Morgan fingerprint density at radius 2 is 0.850 bits per heavy atom. The van der Waals surface area contributed by atoms with Gasteiger partial charge >= 0.3 is 0 Å². The molecule has 0 radical (unpaired) electrons. The van der Waals surface area contributed by atoms with E-state index >= 15 is 0 Å². The fraction of sp³-hybridized carbons (Fsp3) is 0.368. The first-order chi connectivity index (χ1) is 9.75. The van der Waals surface area contributed by atoms with Gasteiger partial charge in [0.15, 0.2) is 0 Å². The third kappa shape index (κ3) is 7.73. The van der Waals surface area contributed by atoms with E-state index in [0.717, 1.165) is 11.1 Å². The molecule has 0 aliphatic heterocycles. The van der Waals surface area contributed by atoms with Gasteiger partial charge in [-0.3, -0.25) is 0 Å². The molecule has 2 aromatic rings. The minimum Gasteiger partial charge on any atom is -0.207 e. The topological polar surface area (TPSA) is 0 Å². The molecule has 0 aromatic heterocycles. The van der Waals surface area contributed by atoms with Crippen LogP contribution in [0.1, 0.15) is 47.1 Å². The lowest BCUT2D eigenvalue weighted by Crippen LogP contribution is -1.79. The third-order valence-corrected chi connectivity index (χ3v) is 2.23. The zero-order valence-electron chi connectivity index (χ0n) is 14.0. The van der Waals surface area contributed by atoms with Crippen molar-refractivity contribution in [2.75, 3.05) is 0 Å². The highest BCUT2D eigenvalue weighted by Crippen LogP contribution is 2.19. The van der Waals surface area contributed by atoms with Crippen LogP contribution >= 0.6 is 0 Å². The number of hydrogen-bond donors (Lipinski definition) is 0. The Morgan fingerprint density at radius 3 is 1.20 bits per heavy atom. The Bertz CT molecular complexity index is 369. The summed E-state index contributed by atoms with van der Waals surface area (Å²) in [5, 5.41) is 0. The van der Waals surface area contributed by atoms with Crippen LogP contribution in [0.4, 0.5) is 4.39 Å². The normalized spacial score (nSPS) is 8.00. The molecule has 0 spiro atoms. The van der Waals surface area contributed by atoms with Gasteiger partial charge in [0, 0.05) is 0 Å². The van der Waals surface area contributed by atoms with E-state index in [9.17, 15) is 4.39 Å². The molecule has 0 saturated heterocycles. The zero-order valence-corrected chi connectivity index (χ0v) is 14.0. The van der Waals surface area contributed by atoms with Crippen LogP contribution in [0.15, 0.2) is 48.5 Å². The monoisotopic (exact) mass is 276 g/mol. The van der Waals surface area contributed by atoms with E-state index in [1.54, 1.807) is 12.1 Å². The van der Waals surface area contributed by atoms with Crippen molar-refractivity contribution in [3.63, 3.8) is 0 Å². The van der Waals surface area contributed by atoms with Crippen molar-refractivity contribution in [2.45, 2.75) is 48.5 Å². The van der Waals surface area contributed by atoms with Gasteiger partial charge < -0.3 is 0 Å². The summed E-state index contributed by atoms with van der Waals surface area (Å²) in [4.78, 5) is 0. The lowest BCUT2D eigenvalue weighted by atomic mass is 10.0. The molecule has 0 amide bonds. The van der Waals surface area contributed by atoms with Crippen molar-refractivity contribution in [3.05, 3.63) is 59.9 Å². The molecule has 0 fully saturated rings. The lowest BCUT2D eigenvalue weighted by molar-refractivity contribution is 0.628. The minimum atomic E-state index is -0.194. The van der Waals surface area contributed by atoms with E-state index in [-0.39, 0.29) is 5.82 Å². The Balaban J connectivity index is 0. The second-order valence-electron chi connectivity index (χ2n) is 3.37. The van der Waals surface area contributed by atoms with Crippen LogP contribution in [-0.4, -0.2) is 0 Å². The number of hydrogen-bond acceptors (Lipinski definition) is 0. The molecule has 1 heteroatoms. The van der Waals surface area contributed by atoms with Gasteiger partial charge in [0.2, 0.25) is 0 Å². The SMILES string of the molecule is CC.CC.CC.Cc1ccc(-c2ccc(F)cc2)cc1.